The van der Waals surface area contributed by atoms with Gasteiger partial charge in [0.25, 0.3) is 0 Å². The number of aliphatic hydroxyl groups excluding tert-OH is 1. The van der Waals surface area contributed by atoms with Crippen LogP contribution in [0.5, 0.6) is 0 Å². The molecule has 0 radical (unpaired) electrons. The van der Waals surface area contributed by atoms with E-state index in [9.17, 15) is 5.11 Å². The molecule has 2 aromatic heterocycles. The molecule has 3 aromatic rings. The number of hydrogen-bond donors (Lipinski definition) is 1. The van der Waals surface area contributed by atoms with Crippen LogP contribution in [-0.2, 0) is 6.42 Å². The van der Waals surface area contributed by atoms with Crippen LogP contribution >= 0.6 is 11.3 Å². The highest BCUT2D eigenvalue weighted by molar-refractivity contribution is 7.15. The Morgan fingerprint density at radius 1 is 1.25 bits per heavy atom. The Bertz CT molecular complexity index is 781. The molecule has 1 atom stereocenters. The van der Waals surface area contributed by atoms with Crippen molar-refractivity contribution in [3.63, 3.8) is 0 Å². The van der Waals surface area contributed by atoms with E-state index in [1.807, 2.05) is 12.1 Å². The Labute approximate surface area is 120 Å². The minimum Gasteiger partial charge on any atom is -0.387 e. The Balaban J connectivity index is 1.83. The number of thiazole rings is 1. The molecule has 0 aliphatic heterocycles. The fourth-order valence-corrected chi connectivity index (χ4v) is 3.88. The lowest BCUT2D eigenvalue weighted by molar-refractivity contribution is 0.153. The normalized spacial score (nSPS) is 18.1. The van der Waals surface area contributed by atoms with E-state index in [1.165, 1.54) is 4.88 Å². The molecule has 0 amide bonds. The number of aliphatic hydroxyl groups is 1. The van der Waals surface area contributed by atoms with Crippen LogP contribution in [-0.4, -0.2) is 15.1 Å². The maximum Gasteiger partial charge on any atom is 0.124 e. The second kappa shape index (κ2) is 4.65. The van der Waals surface area contributed by atoms with Gasteiger partial charge in [-0.2, -0.15) is 0 Å². The molecule has 1 aromatic carbocycles. The van der Waals surface area contributed by atoms with Gasteiger partial charge in [-0.1, -0.05) is 6.07 Å². The maximum absolute atomic E-state index is 10.0. The molecular weight excluding hydrogens is 268 g/mol. The Kier molecular flexibility index (Phi) is 2.79. The van der Waals surface area contributed by atoms with Gasteiger partial charge in [-0.05, 0) is 43.5 Å². The second-order valence-corrected chi connectivity index (χ2v) is 6.23. The fourth-order valence-electron chi connectivity index (χ4n) is 2.73. The largest absolute Gasteiger partial charge is 0.387 e. The first-order chi connectivity index (χ1) is 9.81. The van der Waals surface area contributed by atoms with Crippen molar-refractivity contribution in [1.82, 2.24) is 9.97 Å². The van der Waals surface area contributed by atoms with Gasteiger partial charge in [0.2, 0.25) is 0 Å². The summed E-state index contributed by atoms with van der Waals surface area (Å²) >= 11 is 1.71. The summed E-state index contributed by atoms with van der Waals surface area (Å²) in [5.74, 6) is 0. The molecule has 0 spiro atoms. The van der Waals surface area contributed by atoms with Gasteiger partial charge >= 0.3 is 0 Å². The van der Waals surface area contributed by atoms with Crippen molar-refractivity contribution in [3.05, 3.63) is 47.1 Å². The van der Waals surface area contributed by atoms with Gasteiger partial charge < -0.3 is 5.11 Å². The first-order valence-corrected chi connectivity index (χ1v) is 7.66. The van der Waals surface area contributed by atoms with Crippen LogP contribution in [0.2, 0.25) is 0 Å². The minimum absolute atomic E-state index is 0.383. The standard InChI is InChI=1S/C16H14N2OS/c19-13-4-1-5-14-15(13)18-16(20-14)11-6-7-12-10(9-11)3-2-8-17-12/h2-3,6-9,13,19H,1,4-5H2. The molecule has 100 valence electrons. The monoisotopic (exact) mass is 282 g/mol. The third kappa shape index (κ3) is 1.92. The predicted molar refractivity (Wildman–Crippen MR) is 80.7 cm³/mol. The molecule has 0 saturated heterocycles. The summed E-state index contributed by atoms with van der Waals surface area (Å²) in [6, 6.07) is 10.2. The molecule has 1 aliphatic rings. The SMILES string of the molecule is OC1CCCc2sc(-c3ccc4ncccc4c3)nc21. The van der Waals surface area contributed by atoms with Crippen LogP contribution in [0.15, 0.2) is 36.5 Å². The molecule has 0 bridgehead atoms. The van der Waals surface area contributed by atoms with Crippen molar-refractivity contribution >= 4 is 22.2 Å². The molecular formula is C16H14N2OS. The average Bonchev–Trinajstić information content (AvgIpc) is 2.92. The van der Waals surface area contributed by atoms with Crippen molar-refractivity contribution in [2.24, 2.45) is 0 Å². The van der Waals surface area contributed by atoms with Crippen molar-refractivity contribution in [2.75, 3.05) is 0 Å². The van der Waals surface area contributed by atoms with Crippen molar-refractivity contribution in [1.29, 1.82) is 0 Å². The van der Waals surface area contributed by atoms with Gasteiger partial charge in [-0.15, -0.1) is 11.3 Å². The van der Waals surface area contributed by atoms with E-state index >= 15 is 0 Å². The fraction of sp³-hybridized carbons (Fsp3) is 0.250. The van der Waals surface area contributed by atoms with Crippen molar-refractivity contribution in [3.8, 4) is 10.6 Å². The summed E-state index contributed by atoms with van der Waals surface area (Å²) in [6.45, 7) is 0. The highest BCUT2D eigenvalue weighted by atomic mass is 32.1. The summed E-state index contributed by atoms with van der Waals surface area (Å²) in [7, 11) is 0. The van der Waals surface area contributed by atoms with Crippen LogP contribution in [0.4, 0.5) is 0 Å². The van der Waals surface area contributed by atoms with Gasteiger partial charge in [-0.3, -0.25) is 4.98 Å². The van der Waals surface area contributed by atoms with Gasteiger partial charge in [0.15, 0.2) is 0 Å². The first-order valence-electron chi connectivity index (χ1n) is 6.84. The average molecular weight is 282 g/mol. The van der Waals surface area contributed by atoms with Crippen LogP contribution in [0.25, 0.3) is 21.5 Å². The van der Waals surface area contributed by atoms with E-state index in [0.29, 0.717) is 0 Å². The third-order valence-electron chi connectivity index (χ3n) is 3.77. The number of aromatic nitrogens is 2. The Morgan fingerprint density at radius 2 is 2.20 bits per heavy atom. The lowest BCUT2D eigenvalue weighted by atomic mass is 10.0. The summed E-state index contributed by atoms with van der Waals surface area (Å²) in [6.07, 6.45) is 4.35. The smallest absolute Gasteiger partial charge is 0.124 e. The van der Waals surface area contributed by atoms with Gasteiger partial charge in [0.05, 0.1) is 17.3 Å². The zero-order valence-corrected chi connectivity index (χ0v) is 11.7. The molecule has 1 aliphatic carbocycles. The van der Waals surface area contributed by atoms with E-state index in [1.54, 1.807) is 17.5 Å². The minimum atomic E-state index is -0.383. The van der Waals surface area contributed by atoms with E-state index < -0.39 is 0 Å². The number of pyridine rings is 1. The molecule has 2 heterocycles. The van der Waals surface area contributed by atoms with E-state index in [0.717, 1.165) is 46.4 Å². The van der Waals surface area contributed by atoms with Crippen LogP contribution in [0.3, 0.4) is 0 Å². The summed E-state index contributed by atoms with van der Waals surface area (Å²) in [5.41, 5.74) is 3.00. The highest BCUT2D eigenvalue weighted by Crippen LogP contribution is 2.37. The number of rotatable bonds is 1. The number of nitrogens with zero attached hydrogens (tertiary/aromatic N) is 2. The van der Waals surface area contributed by atoms with E-state index in [4.69, 9.17) is 0 Å². The van der Waals surface area contributed by atoms with E-state index in [2.05, 4.69) is 28.2 Å². The third-order valence-corrected chi connectivity index (χ3v) is 4.95. The van der Waals surface area contributed by atoms with Gasteiger partial charge in [-0.25, -0.2) is 4.98 Å². The van der Waals surface area contributed by atoms with Crippen molar-refractivity contribution in [2.45, 2.75) is 25.4 Å². The predicted octanol–water partition coefficient (Wildman–Crippen LogP) is 3.73. The highest BCUT2D eigenvalue weighted by Gasteiger charge is 2.23. The summed E-state index contributed by atoms with van der Waals surface area (Å²) < 4.78 is 0. The van der Waals surface area contributed by atoms with Crippen molar-refractivity contribution < 1.29 is 5.11 Å². The number of aryl methyl sites for hydroxylation is 1. The molecule has 1 N–H and O–H groups in total. The van der Waals surface area contributed by atoms with Crippen LogP contribution in [0.1, 0.15) is 29.5 Å². The Morgan fingerprint density at radius 3 is 3.10 bits per heavy atom. The molecule has 4 heteroatoms. The first kappa shape index (κ1) is 12.0. The molecule has 0 saturated carbocycles. The lowest BCUT2D eigenvalue weighted by Crippen LogP contribution is -2.07. The molecule has 1 unspecified atom stereocenters. The van der Waals surface area contributed by atoms with Gasteiger partial charge in [0, 0.05) is 22.0 Å². The summed E-state index contributed by atoms with van der Waals surface area (Å²) in [5, 5.41) is 12.2. The van der Waals surface area contributed by atoms with Crippen LogP contribution < -0.4 is 0 Å². The Hall–Kier alpha value is -1.78. The molecule has 4 rings (SSSR count). The number of hydrogen-bond acceptors (Lipinski definition) is 4. The topological polar surface area (TPSA) is 46.0 Å². The van der Waals surface area contributed by atoms with Gasteiger partial charge in [0.1, 0.15) is 5.01 Å². The quantitative estimate of drug-likeness (QED) is 0.739. The molecule has 0 fully saturated rings. The summed E-state index contributed by atoms with van der Waals surface area (Å²) in [4.78, 5) is 10.2. The zero-order chi connectivity index (χ0) is 13.5. The number of benzene rings is 1. The maximum atomic E-state index is 10.0. The lowest BCUT2D eigenvalue weighted by Gasteiger charge is -2.14. The molecule has 20 heavy (non-hydrogen) atoms. The number of fused-ring (bicyclic) bond motifs is 2. The molecule has 3 nitrogen and oxygen atoms in total. The second-order valence-electron chi connectivity index (χ2n) is 5.15. The van der Waals surface area contributed by atoms with Crippen LogP contribution in [0, 0.1) is 0 Å². The van der Waals surface area contributed by atoms with E-state index in [-0.39, 0.29) is 6.10 Å². The zero-order valence-electron chi connectivity index (χ0n) is 10.9.